The number of amides is 3. The van der Waals surface area contributed by atoms with Gasteiger partial charge >= 0.3 is 0 Å². The highest BCUT2D eigenvalue weighted by Gasteiger charge is 2.24. The van der Waals surface area contributed by atoms with E-state index in [0.29, 0.717) is 34.2 Å². The molecule has 5 aromatic rings. The second-order valence-corrected chi connectivity index (χ2v) is 11.4. The zero-order valence-electron chi connectivity index (χ0n) is 25.5. The van der Waals surface area contributed by atoms with Gasteiger partial charge in [0.1, 0.15) is 22.5 Å². The predicted molar refractivity (Wildman–Crippen MR) is 185 cm³/mol. The summed E-state index contributed by atoms with van der Waals surface area (Å²) in [6.45, 7) is 2.33. The Morgan fingerprint density at radius 2 is 1.47 bits per heavy atom. The Balaban J connectivity index is 1.38. The summed E-state index contributed by atoms with van der Waals surface area (Å²) in [5.74, 6) is -1.39. The van der Waals surface area contributed by atoms with Gasteiger partial charge in [-0.2, -0.15) is 0 Å². The van der Waals surface area contributed by atoms with Crippen LogP contribution in [0.4, 0.5) is 15.8 Å². The Hall–Kier alpha value is -5.67. The molecule has 0 saturated carbocycles. The molecule has 3 amide bonds. The lowest BCUT2D eigenvalue weighted by molar-refractivity contribution is -0.116. The number of anilines is 2. The van der Waals surface area contributed by atoms with E-state index < -0.39 is 22.9 Å². The first-order valence-electron chi connectivity index (χ1n) is 14.9. The van der Waals surface area contributed by atoms with E-state index in [1.54, 1.807) is 72.8 Å². The van der Waals surface area contributed by atoms with E-state index >= 15 is 0 Å². The number of carbonyl (C=O) groups excluding carboxylic acids is 3. The highest BCUT2D eigenvalue weighted by Crippen LogP contribution is 2.38. The molecule has 0 aliphatic heterocycles. The van der Waals surface area contributed by atoms with Crippen LogP contribution in [0.25, 0.3) is 6.08 Å². The number of carbonyl (C=O) groups is 3. The number of halogens is 1. The van der Waals surface area contributed by atoms with Gasteiger partial charge < -0.3 is 20.7 Å². The van der Waals surface area contributed by atoms with Gasteiger partial charge in [0, 0.05) is 21.7 Å². The highest BCUT2D eigenvalue weighted by atomic mass is 32.2. The Bertz CT molecular complexity index is 1880. The van der Waals surface area contributed by atoms with Crippen molar-refractivity contribution in [1.29, 1.82) is 0 Å². The lowest BCUT2D eigenvalue weighted by atomic mass is 10.1. The number of para-hydroxylation sites is 2. The van der Waals surface area contributed by atoms with E-state index in [1.807, 2.05) is 55.5 Å². The van der Waals surface area contributed by atoms with Gasteiger partial charge in [0.25, 0.3) is 11.8 Å². The Labute approximate surface area is 276 Å². The number of rotatable bonds is 12. The summed E-state index contributed by atoms with van der Waals surface area (Å²) in [6, 6.07) is 38.0. The second kappa shape index (κ2) is 16.1. The van der Waals surface area contributed by atoms with Crippen LogP contribution in [0.3, 0.4) is 0 Å². The molecule has 47 heavy (non-hydrogen) atoms. The van der Waals surface area contributed by atoms with Gasteiger partial charge in [0.15, 0.2) is 0 Å². The first kappa shape index (κ1) is 32.7. The fraction of sp³-hybridized carbons (Fsp3) is 0.0789. The van der Waals surface area contributed by atoms with E-state index in [2.05, 4.69) is 16.0 Å². The first-order valence-corrected chi connectivity index (χ1v) is 15.8. The van der Waals surface area contributed by atoms with Gasteiger partial charge in [-0.1, -0.05) is 84.9 Å². The van der Waals surface area contributed by atoms with Crippen molar-refractivity contribution in [3.8, 4) is 5.75 Å². The summed E-state index contributed by atoms with van der Waals surface area (Å²) in [6.07, 6.45) is 1.29. The van der Waals surface area contributed by atoms with Gasteiger partial charge in [-0.05, 0) is 67.1 Å². The molecular weight excluding hydrogens is 614 g/mol. The quantitative estimate of drug-likeness (QED) is 0.0941. The molecule has 9 heteroatoms. The van der Waals surface area contributed by atoms with E-state index in [4.69, 9.17) is 4.74 Å². The van der Waals surface area contributed by atoms with Crippen molar-refractivity contribution in [2.45, 2.75) is 17.1 Å². The molecule has 236 valence electrons. The average molecular weight is 646 g/mol. The predicted octanol–water partition coefficient (Wildman–Crippen LogP) is 8.11. The van der Waals surface area contributed by atoms with Crippen LogP contribution in [0.5, 0.6) is 5.75 Å². The third-order valence-corrected chi connectivity index (χ3v) is 8.11. The SMILES string of the molecule is CCOc1ccccc1NC(=O)C(Sc1cccc(NC(=O)/C(=C/c2ccccc2F)NC(=O)c2ccccc2)c1)c1ccccc1. The van der Waals surface area contributed by atoms with Crippen LogP contribution in [0.2, 0.25) is 0 Å². The van der Waals surface area contributed by atoms with Gasteiger partial charge in [-0.25, -0.2) is 4.39 Å². The molecule has 0 aliphatic carbocycles. The molecule has 0 aliphatic rings. The van der Waals surface area contributed by atoms with E-state index in [-0.39, 0.29) is 17.2 Å². The number of thioether (sulfide) groups is 1. The fourth-order valence-electron chi connectivity index (χ4n) is 4.62. The van der Waals surface area contributed by atoms with Crippen LogP contribution in [-0.4, -0.2) is 24.3 Å². The number of benzene rings is 5. The van der Waals surface area contributed by atoms with Gasteiger partial charge in [-0.15, -0.1) is 11.8 Å². The van der Waals surface area contributed by atoms with E-state index in [0.717, 1.165) is 5.56 Å². The molecule has 0 aromatic heterocycles. The largest absolute Gasteiger partial charge is 0.492 e. The molecule has 5 aromatic carbocycles. The average Bonchev–Trinajstić information content (AvgIpc) is 3.09. The summed E-state index contributed by atoms with van der Waals surface area (Å²) in [7, 11) is 0. The third kappa shape index (κ3) is 8.96. The van der Waals surface area contributed by atoms with Crippen LogP contribution in [0.15, 0.2) is 144 Å². The maximum atomic E-state index is 14.5. The molecule has 5 rings (SSSR count). The van der Waals surface area contributed by atoms with Crippen molar-refractivity contribution >= 4 is 46.9 Å². The van der Waals surface area contributed by atoms with Crippen LogP contribution in [0.1, 0.15) is 33.7 Å². The molecule has 3 N–H and O–H groups in total. The van der Waals surface area contributed by atoms with Crippen molar-refractivity contribution in [2.24, 2.45) is 0 Å². The molecular formula is C38H32FN3O4S. The molecule has 0 spiro atoms. The van der Waals surface area contributed by atoms with E-state index in [1.165, 1.54) is 30.0 Å². The summed E-state index contributed by atoms with van der Waals surface area (Å²) in [4.78, 5) is 40.9. The Morgan fingerprint density at radius 3 is 2.21 bits per heavy atom. The molecule has 0 bridgehead atoms. The molecule has 0 fully saturated rings. The fourth-order valence-corrected chi connectivity index (χ4v) is 5.71. The van der Waals surface area contributed by atoms with Crippen LogP contribution < -0.4 is 20.7 Å². The highest BCUT2D eigenvalue weighted by molar-refractivity contribution is 8.00. The maximum Gasteiger partial charge on any atom is 0.272 e. The van der Waals surface area contributed by atoms with Crippen molar-refractivity contribution < 1.29 is 23.5 Å². The Morgan fingerprint density at radius 1 is 0.787 bits per heavy atom. The lowest BCUT2D eigenvalue weighted by Crippen LogP contribution is -2.30. The number of hydrogen-bond acceptors (Lipinski definition) is 5. The minimum absolute atomic E-state index is 0.137. The Kier molecular flexibility index (Phi) is 11.2. The normalized spacial score (nSPS) is 11.7. The number of ether oxygens (including phenoxy) is 1. The minimum Gasteiger partial charge on any atom is -0.492 e. The summed E-state index contributed by atoms with van der Waals surface area (Å²) in [5.41, 5.74) is 2.11. The molecule has 0 saturated heterocycles. The maximum absolute atomic E-state index is 14.5. The molecule has 1 unspecified atom stereocenters. The topological polar surface area (TPSA) is 96.5 Å². The number of nitrogens with one attached hydrogen (secondary N) is 3. The van der Waals surface area contributed by atoms with Crippen molar-refractivity contribution in [3.05, 3.63) is 162 Å². The van der Waals surface area contributed by atoms with Crippen LogP contribution in [-0.2, 0) is 9.59 Å². The van der Waals surface area contributed by atoms with Crippen LogP contribution >= 0.6 is 11.8 Å². The summed E-state index contributed by atoms with van der Waals surface area (Å²) >= 11 is 1.31. The van der Waals surface area contributed by atoms with Gasteiger partial charge in [0.2, 0.25) is 5.91 Å². The number of hydrogen-bond donors (Lipinski definition) is 3. The molecule has 0 radical (unpaired) electrons. The van der Waals surface area contributed by atoms with Gasteiger partial charge in [0.05, 0.1) is 12.3 Å². The zero-order valence-corrected chi connectivity index (χ0v) is 26.3. The minimum atomic E-state index is -0.649. The second-order valence-electron chi connectivity index (χ2n) is 10.2. The third-order valence-electron chi connectivity index (χ3n) is 6.86. The van der Waals surface area contributed by atoms with Crippen LogP contribution in [0, 0.1) is 5.82 Å². The molecule has 0 heterocycles. The standard InChI is InChI=1S/C38H32FN3O4S/c1-2-46-34-23-12-11-22-32(34)41-38(45)35(26-14-5-3-6-15-26)47-30-20-13-19-29(25-30)40-37(44)33(24-28-18-9-10-21-31(28)39)42-36(43)27-16-7-4-8-17-27/h3-25,35H,2H2,1H3,(H,40,44)(H,41,45)(H,42,43)/b33-24-. The van der Waals surface area contributed by atoms with Crippen molar-refractivity contribution in [3.63, 3.8) is 0 Å². The zero-order chi connectivity index (χ0) is 33.0. The summed E-state index contributed by atoms with van der Waals surface area (Å²) < 4.78 is 20.2. The van der Waals surface area contributed by atoms with Crippen molar-refractivity contribution in [1.82, 2.24) is 5.32 Å². The monoisotopic (exact) mass is 645 g/mol. The summed E-state index contributed by atoms with van der Waals surface area (Å²) in [5, 5.41) is 7.79. The lowest BCUT2D eigenvalue weighted by Gasteiger charge is -2.19. The van der Waals surface area contributed by atoms with Gasteiger partial charge in [-0.3, -0.25) is 14.4 Å². The molecule has 1 atom stereocenters. The van der Waals surface area contributed by atoms with Crippen molar-refractivity contribution in [2.75, 3.05) is 17.2 Å². The molecule has 7 nitrogen and oxygen atoms in total. The van der Waals surface area contributed by atoms with E-state index in [9.17, 15) is 18.8 Å². The smallest absolute Gasteiger partial charge is 0.272 e. The first-order chi connectivity index (χ1) is 22.9.